The van der Waals surface area contributed by atoms with Crippen LogP contribution in [0, 0.1) is 0 Å². The fourth-order valence-corrected chi connectivity index (χ4v) is 1.78. The van der Waals surface area contributed by atoms with Gasteiger partial charge in [0.15, 0.2) is 5.82 Å². The molecule has 0 spiro atoms. The minimum Gasteiger partial charge on any atom is -0.478 e. The first-order chi connectivity index (χ1) is 8.56. The summed E-state index contributed by atoms with van der Waals surface area (Å²) in [4.78, 5) is 15.0. The Bertz CT molecular complexity index is 602. The molecule has 0 aliphatic heterocycles. The summed E-state index contributed by atoms with van der Waals surface area (Å²) >= 11 is 3.26. The number of carboxylic acids is 1. The number of aromatic carboxylic acids is 1. The SMILES string of the molecule is Nc1cc(Br)cnc1Nc1cccc(C(=O)O)c1. The van der Waals surface area contributed by atoms with Gasteiger partial charge in [-0.25, -0.2) is 9.78 Å². The number of halogens is 1. The van der Waals surface area contributed by atoms with Gasteiger partial charge in [-0.05, 0) is 40.2 Å². The van der Waals surface area contributed by atoms with E-state index in [-0.39, 0.29) is 5.56 Å². The summed E-state index contributed by atoms with van der Waals surface area (Å²) < 4.78 is 0.782. The number of hydrogen-bond acceptors (Lipinski definition) is 4. The van der Waals surface area contributed by atoms with Gasteiger partial charge < -0.3 is 16.2 Å². The maximum Gasteiger partial charge on any atom is 0.335 e. The first kappa shape index (κ1) is 12.4. The summed E-state index contributed by atoms with van der Waals surface area (Å²) in [6.45, 7) is 0. The van der Waals surface area contributed by atoms with Crippen molar-refractivity contribution in [2.45, 2.75) is 0 Å². The van der Waals surface area contributed by atoms with Crippen molar-refractivity contribution in [3.05, 3.63) is 46.6 Å². The highest BCUT2D eigenvalue weighted by molar-refractivity contribution is 9.10. The van der Waals surface area contributed by atoms with Gasteiger partial charge in [0, 0.05) is 16.4 Å². The Morgan fingerprint density at radius 2 is 2.17 bits per heavy atom. The molecule has 92 valence electrons. The lowest BCUT2D eigenvalue weighted by Gasteiger charge is -2.08. The monoisotopic (exact) mass is 307 g/mol. The van der Waals surface area contributed by atoms with Crippen molar-refractivity contribution >= 4 is 39.1 Å². The number of nitrogens with one attached hydrogen (secondary N) is 1. The van der Waals surface area contributed by atoms with Crippen LogP contribution in [-0.2, 0) is 0 Å². The second-order valence-corrected chi connectivity index (χ2v) is 4.52. The molecule has 0 saturated carbocycles. The Balaban J connectivity index is 2.28. The van der Waals surface area contributed by atoms with E-state index >= 15 is 0 Å². The predicted octanol–water partition coefficient (Wildman–Crippen LogP) is 2.87. The Morgan fingerprint density at radius 1 is 1.39 bits per heavy atom. The quantitative estimate of drug-likeness (QED) is 0.811. The van der Waals surface area contributed by atoms with Gasteiger partial charge in [0.2, 0.25) is 0 Å². The van der Waals surface area contributed by atoms with E-state index in [1.54, 1.807) is 24.4 Å². The van der Waals surface area contributed by atoms with E-state index in [1.807, 2.05) is 0 Å². The second-order valence-electron chi connectivity index (χ2n) is 3.60. The van der Waals surface area contributed by atoms with Crippen LogP contribution in [0.4, 0.5) is 17.2 Å². The highest BCUT2D eigenvalue weighted by Gasteiger charge is 2.05. The molecule has 4 N–H and O–H groups in total. The number of nitrogens with zero attached hydrogens (tertiary/aromatic N) is 1. The molecule has 0 amide bonds. The van der Waals surface area contributed by atoms with E-state index in [0.29, 0.717) is 17.2 Å². The average molecular weight is 308 g/mol. The summed E-state index contributed by atoms with van der Waals surface area (Å²) in [6, 6.07) is 8.16. The van der Waals surface area contributed by atoms with Crippen LogP contribution in [0.2, 0.25) is 0 Å². The Labute approximate surface area is 112 Å². The fraction of sp³-hybridized carbons (Fsp3) is 0. The highest BCUT2D eigenvalue weighted by Crippen LogP contribution is 2.23. The standard InChI is InChI=1S/C12H10BrN3O2/c13-8-5-10(14)11(15-6-8)16-9-3-1-2-7(4-9)12(17)18/h1-6H,14H2,(H,15,16)(H,17,18). The number of carboxylic acid groups (broad SMARTS) is 1. The molecule has 1 heterocycles. The highest BCUT2D eigenvalue weighted by atomic mass is 79.9. The van der Waals surface area contributed by atoms with Gasteiger partial charge in [0.25, 0.3) is 0 Å². The molecule has 1 aromatic heterocycles. The smallest absolute Gasteiger partial charge is 0.335 e. The van der Waals surface area contributed by atoms with Crippen molar-refractivity contribution in [3.8, 4) is 0 Å². The molecule has 0 radical (unpaired) electrons. The molecule has 0 saturated heterocycles. The van der Waals surface area contributed by atoms with Gasteiger partial charge in [-0.3, -0.25) is 0 Å². The van der Waals surface area contributed by atoms with Gasteiger partial charge >= 0.3 is 5.97 Å². The maximum absolute atomic E-state index is 10.8. The van der Waals surface area contributed by atoms with Gasteiger partial charge in [-0.2, -0.15) is 0 Å². The number of nitrogen functional groups attached to an aromatic ring is 1. The van der Waals surface area contributed by atoms with Crippen LogP contribution in [0.25, 0.3) is 0 Å². The Kier molecular flexibility index (Phi) is 3.47. The number of benzene rings is 1. The lowest BCUT2D eigenvalue weighted by Crippen LogP contribution is -2.01. The van der Waals surface area contributed by atoms with Crippen LogP contribution >= 0.6 is 15.9 Å². The van der Waals surface area contributed by atoms with Crippen molar-refractivity contribution < 1.29 is 9.90 Å². The van der Waals surface area contributed by atoms with Gasteiger partial charge in [-0.15, -0.1) is 0 Å². The van der Waals surface area contributed by atoms with E-state index in [0.717, 1.165) is 4.47 Å². The number of anilines is 3. The van der Waals surface area contributed by atoms with E-state index in [4.69, 9.17) is 10.8 Å². The molecule has 0 bridgehead atoms. The largest absolute Gasteiger partial charge is 0.478 e. The number of hydrogen-bond donors (Lipinski definition) is 3. The van der Waals surface area contributed by atoms with Crippen molar-refractivity contribution in [1.82, 2.24) is 4.98 Å². The number of aromatic nitrogens is 1. The first-order valence-corrected chi connectivity index (χ1v) is 5.87. The number of carbonyl (C=O) groups is 1. The fourth-order valence-electron chi connectivity index (χ4n) is 1.43. The average Bonchev–Trinajstić information content (AvgIpc) is 2.33. The predicted molar refractivity (Wildman–Crippen MR) is 73.0 cm³/mol. The molecule has 0 unspecified atom stereocenters. The molecule has 6 heteroatoms. The third kappa shape index (κ3) is 2.78. The van der Waals surface area contributed by atoms with Crippen LogP contribution in [-0.4, -0.2) is 16.1 Å². The zero-order chi connectivity index (χ0) is 13.1. The summed E-state index contributed by atoms with van der Waals surface area (Å²) in [7, 11) is 0. The summed E-state index contributed by atoms with van der Waals surface area (Å²) in [5, 5.41) is 11.9. The van der Waals surface area contributed by atoms with Crippen LogP contribution in [0.5, 0.6) is 0 Å². The lowest BCUT2D eigenvalue weighted by atomic mass is 10.2. The van der Waals surface area contributed by atoms with E-state index in [1.165, 1.54) is 12.1 Å². The van der Waals surface area contributed by atoms with Gasteiger partial charge in [-0.1, -0.05) is 6.07 Å². The third-order valence-corrected chi connectivity index (χ3v) is 2.69. The molecule has 2 rings (SSSR count). The topological polar surface area (TPSA) is 88.2 Å². The van der Waals surface area contributed by atoms with Crippen LogP contribution in [0.15, 0.2) is 41.0 Å². The van der Waals surface area contributed by atoms with Gasteiger partial charge in [0.1, 0.15) is 0 Å². The van der Waals surface area contributed by atoms with Crippen molar-refractivity contribution in [2.24, 2.45) is 0 Å². The zero-order valence-corrected chi connectivity index (χ0v) is 10.8. The number of rotatable bonds is 3. The van der Waals surface area contributed by atoms with E-state index in [9.17, 15) is 4.79 Å². The zero-order valence-electron chi connectivity index (χ0n) is 9.22. The molecule has 0 atom stereocenters. The van der Waals surface area contributed by atoms with Crippen molar-refractivity contribution in [2.75, 3.05) is 11.1 Å². The second kappa shape index (κ2) is 5.05. The summed E-state index contributed by atoms with van der Waals surface area (Å²) in [5.41, 5.74) is 7.10. The molecule has 0 aliphatic rings. The summed E-state index contributed by atoms with van der Waals surface area (Å²) in [6.07, 6.45) is 1.61. The van der Waals surface area contributed by atoms with Crippen LogP contribution < -0.4 is 11.1 Å². The van der Waals surface area contributed by atoms with Gasteiger partial charge in [0.05, 0.1) is 11.3 Å². The Hall–Kier alpha value is -2.08. The molecule has 2 aromatic rings. The molecule has 0 fully saturated rings. The lowest BCUT2D eigenvalue weighted by molar-refractivity contribution is 0.0697. The summed E-state index contributed by atoms with van der Waals surface area (Å²) in [5.74, 6) is -0.490. The molecular formula is C12H10BrN3O2. The first-order valence-electron chi connectivity index (χ1n) is 5.07. The molecule has 18 heavy (non-hydrogen) atoms. The Morgan fingerprint density at radius 3 is 2.83 bits per heavy atom. The van der Waals surface area contributed by atoms with Crippen LogP contribution in [0.1, 0.15) is 10.4 Å². The third-order valence-electron chi connectivity index (χ3n) is 2.26. The number of pyridine rings is 1. The van der Waals surface area contributed by atoms with Crippen molar-refractivity contribution in [3.63, 3.8) is 0 Å². The molecule has 0 aliphatic carbocycles. The minimum atomic E-state index is -0.976. The van der Waals surface area contributed by atoms with Crippen LogP contribution in [0.3, 0.4) is 0 Å². The molecule has 5 nitrogen and oxygen atoms in total. The number of nitrogens with two attached hydrogens (primary N) is 1. The maximum atomic E-state index is 10.8. The van der Waals surface area contributed by atoms with Crippen molar-refractivity contribution in [1.29, 1.82) is 0 Å². The molecule has 1 aromatic carbocycles. The van der Waals surface area contributed by atoms with E-state index < -0.39 is 5.97 Å². The minimum absolute atomic E-state index is 0.204. The normalized spacial score (nSPS) is 10.1. The van der Waals surface area contributed by atoms with E-state index in [2.05, 4.69) is 26.2 Å². The molecular weight excluding hydrogens is 298 g/mol.